The van der Waals surface area contributed by atoms with Crippen molar-refractivity contribution in [3.63, 3.8) is 0 Å². The van der Waals surface area contributed by atoms with Crippen LogP contribution in [0.3, 0.4) is 0 Å². The van der Waals surface area contributed by atoms with Gasteiger partial charge in [0.05, 0.1) is 14.2 Å². The third-order valence-electron chi connectivity index (χ3n) is 8.00. The van der Waals surface area contributed by atoms with Gasteiger partial charge in [-0.3, -0.25) is 4.79 Å². The smallest absolute Gasteiger partial charge is 1.00 e. The molecule has 0 saturated carbocycles. The molecule has 0 radical (unpaired) electrons. The fraction of sp³-hybridized carbons (Fsp3) is 0.159. The van der Waals surface area contributed by atoms with E-state index in [0.717, 1.165) is 39.3 Å². The van der Waals surface area contributed by atoms with Crippen LogP contribution in [0.2, 0.25) is 0 Å². The van der Waals surface area contributed by atoms with E-state index in [2.05, 4.69) is 6.07 Å². The molecular weight excluding hydrogens is 697 g/mol. The molecule has 0 aliphatic heterocycles. The minimum atomic E-state index is -1.20. The number of halogens is 1. The van der Waals surface area contributed by atoms with E-state index in [9.17, 15) is 9.90 Å². The zero-order valence-corrected chi connectivity index (χ0v) is 32.6. The van der Waals surface area contributed by atoms with Crippen LogP contribution in [0.15, 0.2) is 146 Å². The maximum absolute atomic E-state index is 12.1. The predicted molar refractivity (Wildman–Crippen MR) is 201 cm³/mol. The standard InChI is InChI=1S/C22H22O2.C15H14O.C7H7O.BrH.Mg/c1-16-4-8-18(9-5-16)22(23,19-10-6-17(2)7-11-19)20-12-14-21(24-3)15-13-20;1-11-3-7-13(8-4-11)15(16)14-9-5-12(2)6-10-14;1-8-7-5-3-2-4-6-7;;/h4-15,23H,1-3H3;3-10H,1-2H3;3-6H,1H3;1H;/q;;-1;;+2/p-1. The Labute approximate surface area is 324 Å². The number of benzene rings is 6. The second-order valence-corrected chi connectivity index (χ2v) is 11.7. The number of hydrogen-bond donors (Lipinski definition) is 1. The molecule has 0 saturated heterocycles. The maximum atomic E-state index is 12.1. The molecule has 6 aromatic rings. The molecule has 6 heteroatoms. The third-order valence-corrected chi connectivity index (χ3v) is 8.00. The minimum Gasteiger partial charge on any atom is -1.00 e. The summed E-state index contributed by atoms with van der Waals surface area (Å²) in [4.78, 5) is 12.1. The summed E-state index contributed by atoms with van der Waals surface area (Å²) in [5, 5.41) is 11.7. The van der Waals surface area contributed by atoms with Gasteiger partial charge >= 0.3 is 23.1 Å². The van der Waals surface area contributed by atoms with Crippen LogP contribution in [0.25, 0.3) is 0 Å². The van der Waals surface area contributed by atoms with Crippen LogP contribution in [-0.2, 0) is 5.60 Å². The average Bonchev–Trinajstić information content (AvgIpc) is 3.13. The summed E-state index contributed by atoms with van der Waals surface area (Å²) < 4.78 is 10.1. The minimum absolute atomic E-state index is 0. The van der Waals surface area contributed by atoms with Gasteiger partial charge in [-0.2, -0.15) is 18.2 Å². The van der Waals surface area contributed by atoms with Crippen LogP contribution in [0.5, 0.6) is 11.5 Å². The van der Waals surface area contributed by atoms with Crippen molar-refractivity contribution in [3.05, 3.63) is 202 Å². The van der Waals surface area contributed by atoms with E-state index in [1.807, 2.05) is 173 Å². The second-order valence-electron chi connectivity index (χ2n) is 11.7. The molecule has 0 atom stereocenters. The van der Waals surface area contributed by atoms with Crippen molar-refractivity contribution in [1.29, 1.82) is 0 Å². The molecule has 0 spiro atoms. The van der Waals surface area contributed by atoms with Crippen molar-refractivity contribution in [2.24, 2.45) is 0 Å². The van der Waals surface area contributed by atoms with Gasteiger partial charge in [-0.1, -0.05) is 131 Å². The van der Waals surface area contributed by atoms with Crippen molar-refractivity contribution in [2.45, 2.75) is 33.3 Å². The molecular formula is C44H43BrMgO4. The number of ether oxygens (including phenoxy) is 2. The first kappa shape index (κ1) is 42.0. The molecule has 252 valence electrons. The van der Waals surface area contributed by atoms with Crippen LogP contribution < -0.4 is 26.5 Å². The van der Waals surface area contributed by atoms with Gasteiger partial charge in [-0.25, -0.2) is 0 Å². The SMILES string of the molecule is COc1cc[c-]cc1.COc1ccc(C(O)(c2ccc(C)cc2)c2ccc(C)cc2)cc1.Cc1ccc(C(=O)c2ccc(C)cc2)cc1.[Br-].[Mg+2]. The van der Waals surface area contributed by atoms with Crippen molar-refractivity contribution >= 4 is 28.8 Å². The van der Waals surface area contributed by atoms with Crippen molar-refractivity contribution in [1.82, 2.24) is 0 Å². The van der Waals surface area contributed by atoms with E-state index >= 15 is 0 Å². The number of aliphatic hydroxyl groups is 1. The first-order chi connectivity index (χ1) is 23.1. The van der Waals surface area contributed by atoms with Gasteiger partial charge in [0.25, 0.3) is 0 Å². The second kappa shape index (κ2) is 20.5. The molecule has 6 aromatic carbocycles. The molecule has 0 aliphatic rings. The number of ketones is 1. The normalized spacial score (nSPS) is 10.1. The van der Waals surface area contributed by atoms with Gasteiger partial charge in [0, 0.05) is 16.9 Å². The molecule has 0 heterocycles. The largest absolute Gasteiger partial charge is 2.00 e. The fourth-order valence-corrected chi connectivity index (χ4v) is 5.01. The Bertz CT molecular complexity index is 1760. The number of methoxy groups -OCH3 is 2. The van der Waals surface area contributed by atoms with Gasteiger partial charge in [-0.15, -0.1) is 12.1 Å². The zero-order chi connectivity index (χ0) is 34.5. The summed E-state index contributed by atoms with van der Waals surface area (Å²) in [7, 11) is 3.29. The van der Waals surface area contributed by atoms with E-state index in [1.165, 1.54) is 22.3 Å². The summed E-state index contributed by atoms with van der Waals surface area (Å²) in [6, 6.07) is 49.2. The first-order valence-corrected chi connectivity index (χ1v) is 15.8. The van der Waals surface area contributed by atoms with Crippen LogP contribution in [0, 0.1) is 33.8 Å². The van der Waals surface area contributed by atoms with Gasteiger partial charge < -0.3 is 31.6 Å². The number of hydrogen-bond acceptors (Lipinski definition) is 4. The summed E-state index contributed by atoms with van der Waals surface area (Å²) >= 11 is 0. The summed E-state index contributed by atoms with van der Waals surface area (Å²) in [5.41, 5.74) is 7.47. The Hall–Kier alpha value is -4.20. The Balaban J connectivity index is 0.000000287. The Morgan fingerprint density at radius 2 is 0.780 bits per heavy atom. The van der Waals surface area contributed by atoms with Crippen LogP contribution in [-0.4, -0.2) is 48.2 Å². The van der Waals surface area contributed by atoms with Crippen LogP contribution in [0.4, 0.5) is 0 Å². The molecule has 0 aliphatic carbocycles. The molecule has 0 bridgehead atoms. The predicted octanol–water partition coefficient (Wildman–Crippen LogP) is 6.25. The zero-order valence-electron chi connectivity index (χ0n) is 29.6. The maximum Gasteiger partial charge on any atom is 2.00 e. The average molecular weight is 740 g/mol. The molecule has 50 heavy (non-hydrogen) atoms. The quantitative estimate of drug-likeness (QED) is 0.0912. The molecule has 1 N–H and O–H groups in total. The van der Waals surface area contributed by atoms with E-state index in [0.29, 0.717) is 0 Å². The van der Waals surface area contributed by atoms with E-state index in [4.69, 9.17) is 9.47 Å². The monoisotopic (exact) mass is 738 g/mol. The molecule has 6 rings (SSSR count). The topological polar surface area (TPSA) is 55.8 Å². The fourth-order valence-electron chi connectivity index (χ4n) is 5.01. The Morgan fingerprint density at radius 1 is 0.500 bits per heavy atom. The Kier molecular flexibility index (Phi) is 17.2. The van der Waals surface area contributed by atoms with E-state index in [-0.39, 0.29) is 45.8 Å². The van der Waals surface area contributed by atoms with Crippen molar-refractivity contribution in [3.8, 4) is 11.5 Å². The van der Waals surface area contributed by atoms with Gasteiger partial charge in [0.1, 0.15) is 11.4 Å². The van der Waals surface area contributed by atoms with Crippen molar-refractivity contribution in [2.75, 3.05) is 14.2 Å². The summed E-state index contributed by atoms with van der Waals surface area (Å²) in [6.07, 6.45) is 0. The summed E-state index contributed by atoms with van der Waals surface area (Å²) in [5.74, 6) is 1.73. The molecule has 0 unspecified atom stereocenters. The third kappa shape index (κ3) is 11.4. The number of carbonyl (C=O) groups is 1. The molecule has 0 aromatic heterocycles. The van der Waals surface area contributed by atoms with Gasteiger partial charge in [-0.05, 0) is 56.5 Å². The van der Waals surface area contributed by atoms with Gasteiger partial charge in [0.15, 0.2) is 5.78 Å². The number of aryl methyl sites for hydroxylation is 4. The summed E-state index contributed by atoms with van der Waals surface area (Å²) in [6.45, 7) is 8.12. The van der Waals surface area contributed by atoms with Crippen molar-refractivity contribution < 1.29 is 36.4 Å². The van der Waals surface area contributed by atoms with Crippen LogP contribution in [0.1, 0.15) is 54.9 Å². The number of rotatable bonds is 7. The first-order valence-electron chi connectivity index (χ1n) is 15.8. The molecule has 0 amide bonds. The van der Waals surface area contributed by atoms with E-state index < -0.39 is 5.60 Å². The molecule has 0 fully saturated rings. The Morgan fingerprint density at radius 3 is 1.08 bits per heavy atom. The van der Waals surface area contributed by atoms with E-state index in [1.54, 1.807) is 14.2 Å². The molecule has 4 nitrogen and oxygen atoms in total. The van der Waals surface area contributed by atoms with Crippen LogP contribution >= 0.6 is 0 Å². The number of carbonyl (C=O) groups excluding carboxylic acids is 1. The van der Waals surface area contributed by atoms with Gasteiger partial charge in [0.2, 0.25) is 0 Å².